The second-order valence-corrected chi connectivity index (χ2v) is 6.63. The maximum absolute atomic E-state index is 12.1. The zero-order valence-corrected chi connectivity index (χ0v) is 13.3. The molecule has 1 aliphatic heterocycles. The number of likely N-dealkylation sites (tertiary alicyclic amines) is 1. The highest BCUT2D eigenvalue weighted by molar-refractivity contribution is 5.68. The van der Waals surface area contributed by atoms with Gasteiger partial charge in [0.15, 0.2) is 0 Å². The van der Waals surface area contributed by atoms with Crippen LogP contribution in [0.5, 0.6) is 0 Å². The molecule has 1 aromatic heterocycles. The number of hydrogen-bond donors (Lipinski definition) is 1. The number of nitrogens with one attached hydrogen (secondary N) is 1. The third-order valence-electron chi connectivity index (χ3n) is 3.34. The Hall–Kier alpha value is -1.78. The molecule has 1 amide bonds. The fourth-order valence-corrected chi connectivity index (χ4v) is 2.41. The number of amides is 1. The predicted molar refractivity (Wildman–Crippen MR) is 83.4 cm³/mol. The van der Waals surface area contributed by atoms with Gasteiger partial charge < -0.3 is 15.0 Å². The molecule has 0 radical (unpaired) electrons. The third kappa shape index (κ3) is 4.92. The van der Waals surface area contributed by atoms with E-state index in [0.29, 0.717) is 6.54 Å². The van der Waals surface area contributed by atoms with Crippen LogP contribution in [0.15, 0.2) is 18.3 Å². The predicted octanol–water partition coefficient (Wildman–Crippen LogP) is 3.20. The Morgan fingerprint density at radius 3 is 2.90 bits per heavy atom. The van der Waals surface area contributed by atoms with Gasteiger partial charge in [0.2, 0.25) is 0 Å². The van der Waals surface area contributed by atoms with E-state index in [4.69, 9.17) is 4.74 Å². The Kier molecular flexibility index (Phi) is 4.70. The molecular weight excluding hydrogens is 266 g/mol. The Morgan fingerprint density at radius 1 is 1.48 bits per heavy atom. The Bertz CT molecular complexity index is 497. The molecule has 1 aliphatic rings. The zero-order valence-electron chi connectivity index (χ0n) is 13.3. The number of aromatic nitrogens is 1. The molecule has 0 saturated carbocycles. The molecule has 0 spiro atoms. The minimum absolute atomic E-state index is 0.223. The summed E-state index contributed by atoms with van der Waals surface area (Å²) in [6, 6.07) is 4.21. The summed E-state index contributed by atoms with van der Waals surface area (Å²) < 4.78 is 5.44. The molecule has 1 N–H and O–H groups in total. The number of hydrogen-bond acceptors (Lipinski definition) is 4. The van der Waals surface area contributed by atoms with Crippen LogP contribution in [0.25, 0.3) is 0 Å². The molecule has 1 saturated heterocycles. The van der Waals surface area contributed by atoms with Crippen LogP contribution in [-0.4, -0.2) is 40.7 Å². The second-order valence-electron chi connectivity index (χ2n) is 6.63. The van der Waals surface area contributed by atoms with Gasteiger partial charge in [0.1, 0.15) is 11.4 Å². The number of rotatable bonds is 2. The number of carbonyl (C=O) groups excluding carboxylic acids is 1. The fourth-order valence-electron chi connectivity index (χ4n) is 2.41. The van der Waals surface area contributed by atoms with Crippen molar-refractivity contribution in [2.75, 3.05) is 18.4 Å². The van der Waals surface area contributed by atoms with Crippen LogP contribution in [0.4, 0.5) is 10.6 Å². The summed E-state index contributed by atoms with van der Waals surface area (Å²) in [5.74, 6) is 0.867. The van der Waals surface area contributed by atoms with Gasteiger partial charge >= 0.3 is 6.09 Å². The van der Waals surface area contributed by atoms with Crippen LogP contribution < -0.4 is 5.32 Å². The van der Waals surface area contributed by atoms with Gasteiger partial charge in [-0.15, -0.1) is 0 Å². The van der Waals surface area contributed by atoms with Crippen molar-refractivity contribution in [2.45, 2.75) is 52.2 Å². The molecule has 1 atom stereocenters. The van der Waals surface area contributed by atoms with E-state index in [-0.39, 0.29) is 12.1 Å². The lowest BCUT2D eigenvalue weighted by Crippen LogP contribution is -2.47. The van der Waals surface area contributed by atoms with E-state index in [1.807, 2.05) is 39.8 Å². The van der Waals surface area contributed by atoms with Crippen LogP contribution in [0.1, 0.15) is 39.2 Å². The number of pyridine rings is 1. The van der Waals surface area contributed by atoms with Crippen molar-refractivity contribution in [3.63, 3.8) is 0 Å². The number of carbonyl (C=O) groups is 1. The van der Waals surface area contributed by atoms with E-state index in [2.05, 4.69) is 10.3 Å². The van der Waals surface area contributed by atoms with Gasteiger partial charge in [0, 0.05) is 25.3 Å². The first-order chi connectivity index (χ1) is 9.83. The van der Waals surface area contributed by atoms with Crippen LogP contribution in [0.3, 0.4) is 0 Å². The van der Waals surface area contributed by atoms with Crippen molar-refractivity contribution in [3.8, 4) is 0 Å². The van der Waals surface area contributed by atoms with Gasteiger partial charge in [-0.2, -0.15) is 0 Å². The summed E-state index contributed by atoms with van der Waals surface area (Å²) in [4.78, 5) is 18.2. The Morgan fingerprint density at radius 2 is 2.24 bits per heavy atom. The number of piperidine rings is 1. The molecule has 5 heteroatoms. The van der Waals surface area contributed by atoms with Crippen LogP contribution in [0, 0.1) is 6.92 Å². The first-order valence-corrected chi connectivity index (χ1v) is 7.50. The molecule has 0 bridgehead atoms. The minimum atomic E-state index is -0.449. The highest BCUT2D eigenvalue weighted by Crippen LogP contribution is 2.18. The lowest BCUT2D eigenvalue weighted by molar-refractivity contribution is 0.0206. The fraction of sp³-hybridized carbons (Fsp3) is 0.625. The summed E-state index contributed by atoms with van der Waals surface area (Å²) in [6.45, 7) is 9.13. The van der Waals surface area contributed by atoms with Crippen molar-refractivity contribution >= 4 is 11.9 Å². The largest absolute Gasteiger partial charge is 0.444 e. The van der Waals surface area contributed by atoms with Crippen LogP contribution in [-0.2, 0) is 4.74 Å². The first-order valence-electron chi connectivity index (χ1n) is 7.50. The van der Waals surface area contributed by atoms with Crippen molar-refractivity contribution in [1.82, 2.24) is 9.88 Å². The van der Waals surface area contributed by atoms with Crippen molar-refractivity contribution in [1.29, 1.82) is 0 Å². The van der Waals surface area contributed by atoms with E-state index in [1.165, 1.54) is 5.56 Å². The zero-order chi connectivity index (χ0) is 15.5. The summed E-state index contributed by atoms with van der Waals surface area (Å²) in [5, 5.41) is 3.41. The van der Waals surface area contributed by atoms with Crippen LogP contribution in [0.2, 0.25) is 0 Å². The lowest BCUT2D eigenvalue weighted by Gasteiger charge is -2.34. The molecule has 0 aromatic carbocycles. The number of nitrogens with zero attached hydrogens (tertiary/aromatic N) is 2. The molecule has 0 aliphatic carbocycles. The van der Waals surface area contributed by atoms with Gasteiger partial charge in [0.25, 0.3) is 0 Å². The molecule has 1 unspecified atom stereocenters. The summed E-state index contributed by atoms with van der Waals surface area (Å²) in [5.41, 5.74) is 0.725. The van der Waals surface area contributed by atoms with Gasteiger partial charge in [-0.1, -0.05) is 0 Å². The monoisotopic (exact) mass is 291 g/mol. The normalized spacial score (nSPS) is 19.2. The molecule has 21 heavy (non-hydrogen) atoms. The van der Waals surface area contributed by atoms with E-state index in [9.17, 15) is 4.79 Å². The van der Waals surface area contributed by atoms with Gasteiger partial charge in [-0.05, 0) is 58.2 Å². The summed E-state index contributed by atoms with van der Waals surface area (Å²) in [6.07, 6.45) is 3.58. The van der Waals surface area contributed by atoms with E-state index < -0.39 is 5.60 Å². The number of ether oxygens (including phenoxy) is 1. The molecule has 116 valence electrons. The standard InChI is InChI=1S/C16H25N3O2/c1-12-7-8-17-14(10-12)18-13-6-5-9-19(11-13)15(20)21-16(2,3)4/h7-8,10,13H,5-6,9,11H2,1-4H3,(H,17,18). The quantitative estimate of drug-likeness (QED) is 0.909. The maximum atomic E-state index is 12.1. The summed E-state index contributed by atoms with van der Waals surface area (Å²) in [7, 11) is 0. The molecule has 2 rings (SSSR count). The number of anilines is 1. The molecule has 2 heterocycles. The topological polar surface area (TPSA) is 54.5 Å². The van der Waals surface area contributed by atoms with E-state index >= 15 is 0 Å². The van der Waals surface area contributed by atoms with Gasteiger partial charge in [0.05, 0.1) is 0 Å². The lowest BCUT2D eigenvalue weighted by atomic mass is 10.1. The molecular formula is C16H25N3O2. The average molecular weight is 291 g/mol. The smallest absolute Gasteiger partial charge is 0.410 e. The first kappa shape index (κ1) is 15.6. The van der Waals surface area contributed by atoms with E-state index in [1.54, 1.807) is 11.1 Å². The Balaban J connectivity index is 1.93. The Labute approximate surface area is 126 Å². The van der Waals surface area contributed by atoms with Crippen molar-refractivity contribution in [3.05, 3.63) is 23.9 Å². The molecule has 1 fully saturated rings. The average Bonchev–Trinajstić information content (AvgIpc) is 2.37. The highest BCUT2D eigenvalue weighted by atomic mass is 16.6. The van der Waals surface area contributed by atoms with Crippen molar-refractivity contribution in [2.24, 2.45) is 0 Å². The molecule has 1 aromatic rings. The van der Waals surface area contributed by atoms with Gasteiger partial charge in [-0.3, -0.25) is 0 Å². The number of aryl methyl sites for hydroxylation is 1. The summed E-state index contributed by atoms with van der Waals surface area (Å²) >= 11 is 0. The maximum Gasteiger partial charge on any atom is 0.410 e. The molecule has 5 nitrogen and oxygen atoms in total. The SMILES string of the molecule is Cc1ccnc(NC2CCCN(C(=O)OC(C)(C)C)C2)c1. The van der Waals surface area contributed by atoms with Gasteiger partial charge in [-0.25, -0.2) is 9.78 Å². The minimum Gasteiger partial charge on any atom is -0.444 e. The third-order valence-corrected chi connectivity index (χ3v) is 3.34. The second kappa shape index (κ2) is 6.33. The van der Waals surface area contributed by atoms with Crippen molar-refractivity contribution < 1.29 is 9.53 Å². The highest BCUT2D eigenvalue weighted by Gasteiger charge is 2.27. The van der Waals surface area contributed by atoms with Crippen LogP contribution >= 0.6 is 0 Å². The van der Waals surface area contributed by atoms with E-state index in [0.717, 1.165) is 25.2 Å².